The summed E-state index contributed by atoms with van der Waals surface area (Å²) in [5.74, 6) is 0.179. The standard InChI is InChI=1S/C20H22ClNO4/c1-13(2)11-26-20(24)15-4-6-16(7-5-15)22-19(23)12-25-17-8-9-18(21)14(3)10-17/h4-10,13H,11-12H2,1-3H3,(H,22,23). The summed E-state index contributed by atoms with van der Waals surface area (Å²) in [6.07, 6.45) is 0. The van der Waals surface area contributed by atoms with Gasteiger partial charge in [0.05, 0.1) is 12.2 Å². The lowest BCUT2D eigenvalue weighted by Crippen LogP contribution is -2.20. The van der Waals surface area contributed by atoms with Gasteiger partial charge in [-0.05, 0) is 60.9 Å². The molecular weight excluding hydrogens is 354 g/mol. The Hall–Kier alpha value is -2.53. The van der Waals surface area contributed by atoms with Gasteiger partial charge in [-0.1, -0.05) is 25.4 Å². The Balaban J connectivity index is 1.85. The molecule has 0 bridgehead atoms. The Kier molecular flexibility index (Phi) is 7.04. The summed E-state index contributed by atoms with van der Waals surface area (Å²) in [5.41, 5.74) is 1.90. The molecule has 2 aromatic carbocycles. The number of esters is 1. The zero-order chi connectivity index (χ0) is 19.1. The maximum Gasteiger partial charge on any atom is 0.338 e. The molecule has 6 heteroatoms. The van der Waals surface area contributed by atoms with Gasteiger partial charge < -0.3 is 14.8 Å². The monoisotopic (exact) mass is 375 g/mol. The van der Waals surface area contributed by atoms with Crippen LogP contribution in [-0.2, 0) is 9.53 Å². The first-order chi connectivity index (χ1) is 12.3. The minimum atomic E-state index is -0.377. The van der Waals surface area contributed by atoms with Gasteiger partial charge in [-0.25, -0.2) is 4.79 Å². The first-order valence-corrected chi connectivity index (χ1v) is 8.69. The predicted molar refractivity (Wildman–Crippen MR) is 102 cm³/mol. The quantitative estimate of drug-likeness (QED) is 0.725. The number of nitrogens with one attached hydrogen (secondary N) is 1. The van der Waals surface area contributed by atoms with E-state index in [1.54, 1.807) is 42.5 Å². The summed E-state index contributed by atoms with van der Waals surface area (Å²) in [7, 11) is 0. The number of hydrogen-bond acceptors (Lipinski definition) is 4. The Morgan fingerprint density at radius 2 is 1.81 bits per heavy atom. The third-order valence-corrected chi connectivity index (χ3v) is 3.88. The number of benzene rings is 2. The van der Waals surface area contributed by atoms with Crippen molar-refractivity contribution in [3.8, 4) is 5.75 Å². The summed E-state index contributed by atoms with van der Waals surface area (Å²) in [6.45, 7) is 6.06. The van der Waals surface area contributed by atoms with Crippen LogP contribution in [0.25, 0.3) is 0 Å². The van der Waals surface area contributed by atoms with Crippen LogP contribution in [-0.4, -0.2) is 25.1 Å². The number of aryl methyl sites for hydroxylation is 1. The maximum atomic E-state index is 12.0. The largest absolute Gasteiger partial charge is 0.484 e. The molecule has 5 nitrogen and oxygen atoms in total. The number of rotatable bonds is 7. The average molecular weight is 376 g/mol. The molecule has 2 rings (SSSR count). The van der Waals surface area contributed by atoms with Crippen LogP contribution in [0.4, 0.5) is 5.69 Å². The second-order valence-corrected chi connectivity index (χ2v) is 6.72. The Morgan fingerprint density at radius 3 is 2.42 bits per heavy atom. The third-order valence-electron chi connectivity index (χ3n) is 3.45. The van der Waals surface area contributed by atoms with Gasteiger partial charge in [-0.3, -0.25) is 4.79 Å². The van der Waals surface area contributed by atoms with Gasteiger partial charge in [0.2, 0.25) is 0 Å². The molecule has 0 aliphatic heterocycles. The summed E-state index contributed by atoms with van der Waals surface area (Å²) in [4.78, 5) is 23.8. The normalized spacial score (nSPS) is 10.5. The molecule has 0 heterocycles. The van der Waals surface area contributed by atoms with Crippen molar-refractivity contribution in [2.75, 3.05) is 18.5 Å². The smallest absolute Gasteiger partial charge is 0.338 e. The first-order valence-electron chi connectivity index (χ1n) is 8.31. The molecule has 0 aliphatic rings. The minimum absolute atomic E-state index is 0.126. The van der Waals surface area contributed by atoms with Crippen LogP contribution in [0.1, 0.15) is 29.8 Å². The van der Waals surface area contributed by atoms with Crippen molar-refractivity contribution in [2.24, 2.45) is 5.92 Å². The van der Waals surface area contributed by atoms with Gasteiger partial charge in [0.15, 0.2) is 6.61 Å². The van der Waals surface area contributed by atoms with Gasteiger partial charge in [-0.15, -0.1) is 0 Å². The summed E-state index contributed by atoms with van der Waals surface area (Å²) >= 11 is 5.95. The first kappa shape index (κ1) is 19.8. The van der Waals surface area contributed by atoms with E-state index in [0.717, 1.165) is 5.56 Å². The predicted octanol–water partition coefficient (Wildman–Crippen LogP) is 4.48. The van der Waals surface area contributed by atoms with E-state index in [1.165, 1.54) is 0 Å². The van der Waals surface area contributed by atoms with Crippen LogP contribution >= 0.6 is 11.6 Å². The van der Waals surface area contributed by atoms with Crippen LogP contribution in [0, 0.1) is 12.8 Å². The fraction of sp³-hybridized carbons (Fsp3) is 0.300. The van der Waals surface area contributed by atoms with Gasteiger partial charge in [0, 0.05) is 10.7 Å². The zero-order valence-corrected chi connectivity index (χ0v) is 15.8. The molecule has 0 saturated heterocycles. The van der Waals surface area contributed by atoms with Gasteiger partial charge in [0.25, 0.3) is 5.91 Å². The van der Waals surface area contributed by atoms with E-state index in [9.17, 15) is 9.59 Å². The number of carbonyl (C=O) groups excluding carboxylic acids is 2. The molecule has 0 saturated carbocycles. The van der Waals surface area contributed by atoms with Crippen LogP contribution in [0.2, 0.25) is 5.02 Å². The van der Waals surface area contributed by atoms with E-state index in [2.05, 4.69) is 5.32 Å². The number of halogens is 1. The molecule has 0 aliphatic carbocycles. The Morgan fingerprint density at radius 1 is 1.12 bits per heavy atom. The van der Waals surface area contributed by atoms with Gasteiger partial charge in [-0.2, -0.15) is 0 Å². The molecule has 26 heavy (non-hydrogen) atoms. The van der Waals surface area contributed by atoms with Crippen LogP contribution < -0.4 is 10.1 Å². The fourth-order valence-electron chi connectivity index (χ4n) is 2.07. The molecule has 0 spiro atoms. The van der Waals surface area contributed by atoms with Crippen LogP contribution in [0.3, 0.4) is 0 Å². The van der Waals surface area contributed by atoms with Crippen LogP contribution in [0.15, 0.2) is 42.5 Å². The highest BCUT2D eigenvalue weighted by atomic mass is 35.5. The number of ether oxygens (including phenoxy) is 2. The van der Waals surface area contributed by atoms with Crippen molar-refractivity contribution in [3.05, 3.63) is 58.6 Å². The van der Waals surface area contributed by atoms with Crippen molar-refractivity contribution in [1.82, 2.24) is 0 Å². The fourth-order valence-corrected chi connectivity index (χ4v) is 2.19. The van der Waals surface area contributed by atoms with Gasteiger partial charge >= 0.3 is 5.97 Å². The zero-order valence-electron chi connectivity index (χ0n) is 15.0. The van der Waals surface area contributed by atoms with E-state index in [4.69, 9.17) is 21.1 Å². The molecule has 0 radical (unpaired) electrons. The molecule has 1 amide bonds. The number of hydrogen-bond donors (Lipinski definition) is 1. The van der Waals surface area contributed by atoms with Crippen LogP contribution in [0.5, 0.6) is 5.75 Å². The Bertz CT molecular complexity index is 772. The lowest BCUT2D eigenvalue weighted by molar-refractivity contribution is -0.118. The summed E-state index contributed by atoms with van der Waals surface area (Å²) < 4.78 is 10.6. The second kappa shape index (κ2) is 9.25. The lowest BCUT2D eigenvalue weighted by atomic mass is 10.2. The molecule has 0 unspecified atom stereocenters. The Labute approximate surface area is 158 Å². The lowest BCUT2D eigenvalue weighted by Gasteiger charge is -2.10. The van der Waals surface area contributed by atoms with Crippen molar-refractivity contribution < 1.29 is 19.1 Å². The molecule has 2 aromatic rings. The van der Waals surface area contributed by atoms with Crippen molar-refractivity contribution in [1.29, 1.82) is 0 Å². The number of anilines is 1. The molecule has 138 valence electrons. The van der Waals surface area contributed by atoms with E-state index < -0.39 is 0 Å². The van der Waals surface area contributed by atoms with E-state index in [0.29, 0.717) is 28.6 Å². The molecule has 0 fully saturated rings. The van der Waals surface area contributed by atoms with E-state index in [1.807, 2.05) is 20.8 Å². The summed E-state index contributed by atoms with van der Waals surface area (Å²) in [6, 6.07) is 11.7. The number of carbonyl (C=O) groups is 2. The highest BCUT2D eigenvalue weighted by Crippen LogP contribution is 2.21. The average Bonchev–Trinajstić information content (AvgIpc) is 2.61. The highest BCUT2D eigenvalue weighted by molar-refractivity contribution is 6.31. The van der Waals surface area contributed by atoms with Crippen molar-refractivity contribution in [3.63, 3.8) is 0 Å². The second-order valence-electron chi connectivity index (χ2n) is 6.32. The topological polar surface area (TPSA) is 64.6 Å². The maximum absolute atomic E-state index is 12.0. The molecule has 0 aromatic heterocycles. The number of amides is 1. The third kappa shape index (κ3) is 6.08. The molecular formula is C20H22ClNO4. The summed E-state index contributed by atoms with van der Waals surface area (Å²) in [5, 5.41) is 3.36. The van der Waals surface area contributed by atoms with Crippen molar-refractivity contribution in [2.45, 2.75) is 20.8 Å². The molecule has 0 atom stereocenters. The van der Waals surface area contributed by atoms with Crippen molar-refractivity contribution >= 4 is 29.2 Å². The van der Waals surface area contributed by atoms with E-state index >= 15 is 0 Å². The highest BCUT2D eigenvalue weighted by Gasteiger charge is 2.09. The van der Waals surface area contributed by atoms with E-state index in [-0.39, 0.29) is 24.4 Å². The minimum Gasteiger partial charge on any atom is -0.484 e. The van der Waals surface area contributed by atoms with Gasteiger partial charge in [0.1, 0.15) is 5.75 Å². The molecule has 1 N–H and O–H groups in total. The SMILES string of the molecule is Cc1cc(OCC(=O)Nc2ccc(C(=O)OCC(C)C)cc2)ccc1Cl.